The molecule has 1 amide bonds. The smallest absolute Gasteiger partial charge is 0.311 e. The Hall–Kier alpha value is -3.49. The molecule has 0 radical (unpaired) electrons. The van der Waals surface area contributed by atoms with Gasteiger partial charge in [0.05, 0.1) is 23.9 Å². The van der Waals surface area contributed by atoms with E-state index in [9.17, 15) is 14.9 Å². The van der Waals surface area contributed by atoms with Crippen LogP contribution in [0.4, 0.5) is 11.4 Å². The van der Waals surface area contributed by atoms with Crippen molar-refractivity contribution in [3.63, 3.8) is 0 Å². The van der Waals surface area contributed by atoms with Gasteiger partial charge < -0.3 is 10.1 Å². The number of nitro groups is 1. The van der Waals surface area contributed by atoms with Gasteiger partial charge in [0.15, 0.2) is 11.4 Å². The highest BCUT2D eigenvalue weighted by atomic mass is 16.6. The van der Waals surface area contributed by atoms with Gasteiger partial charge in [0.25, 0.3) is 5.91 Å². The maximum Gasteiger partial charge on any atom is 0.311 e. The molecule has 0 bridgehead atoms. The average Bonchev–Trinajstić information content (AvgIpc) is 2.93. The number of benzene rings is 1. The van der Waals surface area contributed by atoms with E-state index < -0.39 is 10.8 Å². The lowest BCUT2D eigenvalue weighted by molar-refractivity contribution is -0.385. The number of methoxy groups -OCH3 is 1. The number of amides is 1. The van der Waals surface area contributed by atoms with Gasteiger partial charge in [-0.25, -0.2) is 9.50 Å². The SMILES string of the molecule is COc1ccc(C(=O)Nc2ccc3nc(C)nn3c2)cc1[N+](=O)[O-]. The molecule has 0 atom stereocenters. The van der Waals surface area contributed by atoms with Crippen LogP contribution in [0.15, 0.2) is 36.5 Å². The number of anilines is 1. The fraction of sp³-hybridized carbons (Fsp3) is 0.133. The molecule has 0 unspecified atom stereocenters. The van der Waals surface area contributed by atoms with Gasteiger partial charge in [0.2, 0.25) is 0 Å². The minimum atomic E-state index is -0.597. The Labute approximate surface area is 136 Å². The lowest BCUT2D eigenvalue weighted by Crippen LogP contribution is -2.13. The number of fused-ring (bicyclic) bond motifs is 1. The predicted octanol–water partition coefficient (Wildman–Crippen LogP) is 2.21. The first-order chi connectivity index (χ1) is 11.5. The van der Waals surface area contributed by atoms with Gasteiger partial charge in [-0.15, -0.1) is 0 Å². The van der Waals surface area contributed by atoms with Crippen LogP contribution in [0.5, 0.6) is 5.75 Å². The van der Waals surface area contributed by atoms with Gasteiger partial charge in [-0.2, -0.15) is 5.10 Å². The van der Waals surface area contributed by atoms with Gasteiger partial charge >= 0.3 is 5.69 Å². The molecule has 2 aromatic heterocycles. The van der Waals surface area contributed by atoms with Crippen molar-refractivity contribution in [2.24, 2.45) is 0 Å². The van der Waals surface area contributed by atoms with E-state index in [0.29, 0.717) is 17.2 Å². The number of hydrogen-bond donors (Lipinski definition) is 1. The molecule has 0 spiro atoms. The van der Waals surface area contributed by atoms with Crippen LogP contribution in [0.25, 0.3) is 5.65 Å². The fourth-order valence-electron chi connectivity index (χ4n) is 2.25. The Morgan fingerprint density at radius 1 is 1.33 bits per heavy atom. The third-order valence-electron chi connectivity index (χ3n) is 3.33. The molecule has 9 heteroatoms. The normalized spacial score (nSPS) is 10.6. The first-order valence-electron chi connectivity index (χ1n) is 6.95. The molecule has 1 aromatic carbocycles. The van der Waals surface area contributed by atoms with Gasteiger partial charge in [-0.05, 0) is 31.2 Å². The summed E-state index contributed by atoms with van der Waals surface area (Å²) in [5.41, 5.74) is 1.03. The van der Waals surface area contributed by atoms with Crippen LogP contribution in [0, 0.1) is 17.0 Å². The maximum atomic E-state index is 12.3. The van der Waals surface area contributed by atoms with Crippen LogP contribution in [0.1, 0.15) is 16.2 Å². The molecule has 0 aliphatic heterocycles. The van der Waals surface area contributed by atoms with E-state index in [0.717, 1.165) is 0 Å². The number of pyridine rings is 1. The predicted molar refractivity (Wildman–Crippen MR) is 85.3 cm³/mol. The third kappa shape index (κ3) is 2.86. The minimum absolute atomic E-state index is 0.0936. The number of aromatic nitrogens is 3. The summed E-state index contributed by atoms with van der Waals surface area (Å²) in [7, 11) is 1.33. The van der Waals surface area contributed by atoms with E-state index in [4.69, 9.17) is 4.74 Å². The molecule has 0 saturated carbocycles. The van der Waals surface area contributed by atoms with Crippen molar-refractivity contribution >= 4 is 22.9 Å². The van der Waals surface area contributed by atoms with Gasteiger partial charge in [-0.3, -0.25) is 14.9 Å². The molecule has 122 valence electrons. The highest BCUT2D eigenvalue weighted by Crippen LogP contribution is 2.27. The molecular weight excluding hydrogens is 314 g/mol. The zero-order chi connectivity index (χ0) is 17.3. The summed E-state index contributed by atoms with van der Waals surface area (Å²) in [6, 6.07) is 7.41. The number of nitrogens with zero attached hydrogens (tertiary/aromatic N) is 4. The number of aryl methyl sites for hydroxylation is 1. The number of nitrogens with one attached hydrogen (secondary N) is 1. The molecule has 24 heavy (non-hydrogen) atoms. The van der Waals surface area contributed by atoms with Crippen LogP contribution in [-0.2, 0) is 0 Å². The molecule has 0 aliphatic rings. The fourth-order valence-corrected chi connectivity index (χ4v) is 2.25. The van der Waals surface area contributed by atoms with Gasteiger partial charge in [0.1, 0.15) is 5.82 Å². The summed E-state index contributed by atoms with van der Waals surface area (Å²) in [4.78, 5) is 26.9. The second-order valence-electron chi connectivity index (χ2n) is 4.98. The van der Waals surface area contributed by atoms with Crippen molar-refractivity contribution in [1.29, 1.82) is 0 Å². The van der Waals surface area contributed by atoms with E-state index in [1.54, 1.807) is 29.8 Å². The van der Waals surface area contributed by atoms with E-state index in [1.165, 1.54) is 25.3 Å². The quantitative estimate of drug-likeness (QED) is 0.581. The molecule has 9 nitrogen and oxygen atoms in total. The Balaban J connectivity index is 1.88. The van der Waals surface area contributed by atoms with Crippen molar-refractivity contribution in [3.05, 3.63) is 58.0 Å². The zero-order valence-corrected chi connectivity index (χ0v) is 12.9. The summed E-state index contributed by atoms with van der Waals surface area (Å²) in [5.74, 6) is 0.234. The highest BCUT2D eigenvalue weighted by molar-refractivity contribution is 6.04. The second-order valence-corrected chi connectivity index (χ2v) is 4.98. The standard InChI is InChI=1S/C15H13N5O4/c1-9-16-14-6-4-11(8-19(14)18-9)17-15(21)10-3-5-13(24-2)12(7-10)20(22)23/h3-8H,1-2H3,(H,17,21). The number of carbonyl (C=O) groups is 1. The minimum Gasteiger partial charge on any atom is -0.490 e. The molecule has 3 rings (SSSR count). The Morgan fingerprint density at radius 3 is 2.83 bits per heavy atom. The third-order valence-corrected chi connectivity index (χ3v) is 3.33. The number of nitro benzene ring substituents is 1. The number of ether oxygens (including phenoxy) is 1. The Kier molecular flexibility index (Phi) is 3.82. The highest BCUT2D eigenvalue weighted by Gasteiger charge is 2.18. The molecule has 3 aromatic rings. The number of hydrogen-bond acceptors (Lipinski definition) is 6. The van der Waals surface area contributed by atoms with Crippen molar-refractivity contribution in [2.45, 2.75) is 6.92 Å². The van der Waals surface area contributed by atoms with E-state index in [2.05, 4.69) is 15.4 Å². The molecule has 2 heterocycles. The van der Waals surface area contributed by atoms with Crippen LogP contribution >= 0.6 is 0 Å². The van der Waals surface area contributed by atoms with Crippen molar-refractivity contribution in [2.75, 3.05) is 12.4 Å². The van der Waals surface area contributed by atoms with E-state index >= 15 is 0 Å². The molecular formula is C15H13N5O4. The summed E-state index contributed by atoms with van der Waals surface area (Å²) < 4.78 is 6.46. The van der Waals surface area contributed by atoms with Gasteiger partial charge in [0, 0.05) is 11.6 Å². The summed E-state index contributed by atoms with van der Waals surface area (Å²) in [5, 5.41) is 17.9. The summed E-state index contributed by atoms with van der Waals surface area (Å²) in [6.07, 6.45) is 1.62. The number of rotatable bonds is 4. The summed E-state index contributed by atoms with van der Waals surface area (Å²) in [6.45, 7) is 1.77. The zero-order valence-electron chi connectivity index (χ0n) is 12.9. The van der Waals surface area contributed by atoms with Crippen molar-refractivity contribution in [3.8, 4) is 5.75 Å². The largest absolute Gasteiger partial charge is 0.490 e. The maximum absolute atomic E-state index is 12.3. The first kappa shape index (κ1) is 15.4. The van der Waals surface area contributed by atoms with Crippen molar-refractivity contribution < 1.29 is 14.5 Å². The van der Waals surface area contributed by atoms with Gasteiger partial charge in [-0.1, -0.05) is 0 Å². The van der Waals surface area contributed by atoms with Crippen LogP contribution in [-0.4, -0.2) is 32.5 Å². The van der Waals surface area contributed by atoms with Crippen molar-refractivity contribution in [1.82, 2.24) is 14.6 Å². The second kappa shape index (κ2) is 5.95. The van der Waals surface area contributed by atoms with E-state index in [1.807, 2.05) is 0 Å². The first-order valence-corrected chi connectivity index (χ1v) is 6.95. The lowest BCUT2D eigenvalue weighted by Gasteiger charge is -2.07. The Morgan fingerprint density at radius 2 is 2.12 bits per heavy atom. The Bertz CT molecular complexity index is 950. The lowest BCUT2D eigenvalue weighted by atomic mass is 10.1. The molecule has 0 aliphatic carbocycles. The van der Waals surface area contributed by atoms with E-state index in [-0.39, 0.29) is 17.0 Å². The molecule has 1 N–H and O–H groups in total. The molecule has 0 fully saturated rings. The average molecular weight is 327 g/mol. The van der Waals surface area contributed by atoms with Crippen LogP contribution in [0.2, 0.25) is 0 Å². The van der Waals surface area contributed by atoms with Crippen LogP contribution in [0.3, 0.4) is 0 Å². The summed E-state index contributed by atoms with van der Waals surface area (Å²) >= 11 is 0. The molecule has 0 saturated heterocycles. The topological polar surface area (TPSA) is 112 Å². The monoisotopic (exact) mass is 327 g/mol. The van der Waals surface area contributed by atoms with Crippen LogP contribution < -0.4 is 10.1 Å². The number of carbonyl (C=O) groups excluding carboxylic acids is 1.